The minimum absolute atomic E-state index is 0.0268. The number of ether oxygens (including phenoxy) is 1. The Balaban J connectivity index is 1.26. The van der Waals surface area contributed by atoms with Crippen molar-refractivity contribution in [3.8, 4) is 0 Å². The second-order valence-electron chi connectivity index (χ2n) is 6.71. The van der Waals surface area contributed by atoms with Gasteiger partial charge in [0.2, 0.25) is 0 Å². The van der Waals surface area contributed by atoms with E-state index in [-0.39, 0.29) is 6.10 Å². The quantitative estimate of drug-likeness (QED) is 0.831. The molecule has 4 heterocycles. The van der Waals surface area contributed by atoms with Crippen molar-refractivity contribution in [2.75, 3.05) is 44.3 Å². The molecule has 0 amide bonds. The van der Waals surface area contributed by atoms with Gasteiger partial charge in [-0.05, 0) is 25.7 Å². The van der Waals surface area contributed by atoms with Crippen molar-refractivity contribution < 1.29 is 9.26 Å². The number of rotatable bonds is 4. The molecule has 0 bridgehead atoms. The number of likely N-dealkylation sites (tertiary alicyclic amines) is 1. The zero-order valence-corrected chi connectivity index (χ0v) is 14.5. The molecule has 0 aliphatic carbocycles. The van der Waals surface area contributed by atoms with Gasteiger partial charge in [0.1, 0.15) is 6.10 Å². The Morgan fingerprint density at radius 3 is 2.65 bits per heavy atom. The molecule has 1 aromatic heterocycles. The van der Waals surface area contributed by atoms with Crippen LogP contribution >= 0.6 is 11.8 Å². The van der Waals surface area contributed by atoms with Crippen LogP contribution in [0.2, 0.25) is 0 Å². The molecular formula is C16H26N4O2S. The van der Waals surface area contributed by atoms with Crippen molar-refractivity contribution in [2.24, 2.45) is 0 Å². The van der Waals surface area contributed by atoms with Crippen molar-refractivity contribution >= 4 is 11.8 Å². The SMILES string of the molecule is C1CO[C@H](c2nc(CN3CCC(N4CCSCC4)CC3)no2)C1. The van der Waals surface area contributed by atoms with Crippen LogP contribution in [0.5, 0.6) is 0 Å². The Bertz CT molecular complexity index is 492. The van der Waals surface area contributed by atoms with E-state index in [2.05, 4.69) is 31.7 Å². The summed E-state index contributed by atoms with van der Waals surface area (Å²) in [5, 5.41) is 4.14. The van der Waals surface area contributed by atoms with Gasteiger partial charge in [0.15, 0.2) is 5.82 Å². The molecular weight excluding hydrogens is 312 g/mol. The molecule has 0 spiro atoms. The predicted molar refractivity (Wildman–Crippen MR) is 89.4 cm³/mol. The average Bonchev–Trinajstić information content (AvgIpc) is 3.28. The Labute approximate surface area is 141 Å². The third-order valence-electron chi connectivity index (χ3n) is 5.17. The van der Waals surface area contributed by atoms with Gasteiger partial charge in [0.25, 0.3) is 5.89 Å². The van der Waals surface area contributed by atoms with E-state index in [0.717, 1.165) is 50.9 Å². The Morgan fingerprint density at radius 1 is 1.09 bits per heavy atom. The number of nitrogens with zero attached hydrogens (tertiary/aromatic N) is 4. The number of thioether (sulfide) groups is 1. The van der Waals surface area contributed by atoms with Gasteiger partial charge in [-0.25, -0.2) is 0 Å². The third-order valence-corrected chi connectivity index (χ3v) is 6.12. The van der Waals surface area contributed by atoms with Gasteiger partial charge in [-0.15, -0.1) is 0 Å². The second kappa shape index (κ2) is 7.51. The lowest BCUT2D eigenvalue weighted by Gasteiger charge is -2.39. The largest absolute Gasteiger partial charge is 0.368 e. The van der Waals surface area contributed by atoms with Crippen LogP contribution in [0.4, 0.5) is 0 Å². The van der Waals surface area contributed by atoms with E-state index in [0.29, 0.717) is 5.89 Å². The number of hydrogen-bond donors (Lipinski definition) is 0. The maximum absolute atomic E-state index is 5.61. The molecule has 4 rings (SSSR count). The lowest BCUT2D eigenvalue weighted by atomic mass is 10.0. The van der Waals surface area contributed by atoms with Crippen molar-refractivity contribution in [2.45, 2.75) is 44.4 Å². The molecule has 23 heavy (non-hydrogen) atoms. The Morgan fingerprint density at radius 2 is 1.91 bits per heavy atom. The van der Waals surface area contributed by atoms with E-state index in [9.17, 15) is 0 Å². The molecule has 0 aromatic carbocycles. The molecule has 3 saturated heterocycles. The van der Waals surface area contributed by atoms with Crippen LogP contribution in [-0.4, -0.2) is 70.3 Å². The third kappa shape index (κ3) is 3.90. The highest BCUT2D eigenvalue weighted by Crippen LogP contribution is 2.27. The number of aromatic nitrogens is 2. The van der Waals surface area contributed by atoms with Crippen LogP contribution in [0.3, 0.4) is 0 Å². The maximum atomic E-state index is 5.61. The summed E-state index contributed by atoms with van der Waals surface area (Å²) in [5.41, 5.74) is 0. The van der Waals surface area contributed by atoms with Gasteiger partial charge in [-0.1, -0.05) is 5.16 Å². The summed E-state index contributed by atoms with van der Waals surface area (Å²) in [5.74, 6) is 4.08. The smallest absolute Gasteiger partial charge is 0.255 e. The van der Waals surface area contributed by atoms with E-state index >= 15 is 0 Å². The van der Waals surface area contributed by atoms with Gasteiger partial charge in [-0.2, -0.15) is 16.7 Å². The number of piperidine rings is 1. The van der Waals surface area contributed by atoms with Crippen molar-refractivity contribution in [3.63, 3.8) is 0 Å². The highest BCUT2D eigenvalue weighted by Gasteiger charge is 2.27. The maximum Gasteiger partial charge on any atom is 0.255 e. The molecule has 1 atom stereocenters. The highest BCUT2D eigenvalue weighted by molar-refractivity contribution is 7.99. The standard InChI is InChI=1S/C16H26N4O2S/c1-2-14(21-9-1)16-17-15(18-22-16)12-19-5-3-13(4-6-19)20-7-10-23-11-8-20/h13-14H,1-12H2/t14-/m0/s1. The summed E-state index contributed by atoms with van der Waals surface area (Å²) >= 11 is 2.09. The first kappa shape index (κ1) is 15.9. The first-order valence-corrected chi connectivity index (χ1v) is 10.0. The molecule has 0 unspecified atom stereocenters. The minimum Gasteiger partial charge on any atom is -0.368 e. The molecule has 7 heteroatoms. The summed E-state index contributed by atoms with van der Waals surface area (Å²) in [7, 11) is 0. The summed E-state index contributed by atoms with van der Waals surface area (Å²) in [6.07, 6.45) is 4.65. The summed E-state index contributed by atoms with van der Waals surface area (Å²) in [6, 6.07) is 0.778. The van der Waals surface area contributed by atoms with Crippen LogP contribution in [-0.2, 0) is 11.3 Å². The minimum atomic E-state index is 0.0268. The van der Waals surface area contributed by atoms with Crippen LogP contribution in [0.1, 0.15) is 43.5 Å². The van der Waals surface area contributed by atoms with E-state index in [1.807, 2.05) is 0 Å². The summed E-state index contributed by atoms with van der Waals surface area (Å²) < 4.78 is 11.0. The monoisotopic (exact) mass is 338 g/mol. The molecule has 0 radical (unpaired) electrons. The van der Waals surface area contributed by atoms with E-state index in [1.54, 1.807) is 0 Å². The van der Waals surface area contributed by atoms with Gasteiger partial charge >= 0.3 is 0 Å². The lowest BCUT2D eigenvalue weighted by Crippen LogP contribution is -2.47. The lowest BCUT2D eigenvalue weighted by molar-refractivity contribution is 0.0835. The molecule has 3 fully saturated rings. The molecule has 0 saturated carbocycles. The van der Waals surface area contributed by atoms with Crippen molar-refractivity contribution in [3.05, 3.63) is 11.7 Å². The highest BCUT2D eigenvalue weighted by atomic mass is 32.2. The summed E-state index contributed by atoms with van der Waals surface area (Å²) in [4.78, 5) is 9.69. The second-order valence-corrected chi connectivity index (χ2v) is 7.93. The predicted octanol–water partition coefficient (Wildman–Crippen LogP) is 1.93. The fourth-order valence-electron chi connectivity index (χ4n) is 3.82. The molecule has 3 aliphatic heterocycles. The Kier molecular flexibility index (Phi) is 5.18. The van der Waals surface area contributed by atoms with Crippen LogP contribution in [0, 0.1) is 0 Å². The van der Waals surface area contributed by atoms with Crippen molar-refractivity contribution in [1.82, 2.24) is 19.9 Å². The van der Waals surface area contributed by atoms with Gasteiger partial charge < -0.3 is 9.26 Å². The van der Waals surface area contributed by atoms with E-state index in [4.69, 9.17) is 9.26 Å². The van der Waals surface area contributed by atoms with Crippen molar-refractivity contribution in [1.29, 1.82) is 0 Å². The Hall–Kier alpha value is -0.630. The normalized spacial score (nSPS) is 28.4. The fourth-order valence-corrected chi connectivity index (χ4v) is 4.75. The first-order chi connectivity index (χ1) is 11.4. The zero-order chi connectivity index (χ0) is 15.5. The van der Waals surface area contributed by atoms with Gasteiger partial charge in [-0.3, -0.25) is 9.80 Å². The van der Waals surface area contributed by atoms with Crippen LogP contribution in [0.15, 0.2) is 4.52 Å². The molecule has 6 nitrogen and oxygen atoms in total. The van der Waals surface area contributed by atoms with E-state index < -0.39 is 0 Å². The fraction of sp³-hybridized carbons (Fsp3) is 0.875. The first-order valence-electron chi connectivity index (χ1n) is 8.87. The molecule has 128 valence electrons. The molecule has 1 aromatic rings. The summed E-state index contributed by atoms with van der Waals surface area (Å²) in [6.45, 7) is 6.43. The average molecular weight is 338 g/mol. The molecule has 3 aliphatic rings. The van der Waals surface area contributed by atoms with Crippen LogP contribution < -0.4 is 0 Å². The van der Waals surface area contributed by atoms with Gasteiger partial charge in [0, 0.05) is 50.3 Å². The molecule has 0 N–H and O–H groups in total. The zero-order valence-electron chi connectivity index (χ0n) is 13.7. The number of hydrogen-bond acceptors (Lipinski definition) is 7. The van der Waals surface area contributed by atoms with Gasteiger partial charge in [0.05, 0.1) is 6.54 Å². The van der Waals surface area contributed by atoms with Crippen LogP contribution in [0.25, 0.3) is 0 Å². The van der Waals surface area contributed by atoms with E-state index in [1.165, 1.54) is 37.4 Å². The topological polar surface area (TPSA) is 54.6 Å².